The second kappa shape index (κ2) is 6.87. The molecule has 7 heteroatoms. The van der Waals surface area contributed by atoms with Gasteiger partial charge in [0.2, 0.25) is 5.75 Å². The van der Waals surface area contributed by atoms with Crippen molar-refractivity contribution in [3.63, 3.8) is 0 Å². The highest BCUT2D eigenvalue weighted by molar-refractivity contribution is 5.86. The van der Waals surface area contributed by atoms with Gasteiger partial charge in [-0.15, -0.1) is 0 Å². The van der Waals surface area contributed by atoms with Crippen LogP contribution >= 0.6 is 0 Å². The van der Waals surface area contributed by atoms with E-state index in [0.29, 0.717) is 0 Å². The maximum absolute atomic E-state index is 11.8. The van der Waals surface area contributed by atoms with E-state index in [-0.39, 0.29) is 34.8 Å². The molecule has 122 valence electrons. The molecule has 2 N–H and O–H groups in total. The van der Waals surface area contributed by atoms with E-state index in [1.54, 1.807) is 6.08 Å². The number of fused-ring (bicyclic) bond motifs is 1. The molecular formula is C16H16O7. The molecule has 0 atom stereocenters. The molecule has 0 fully saturated rings. The highest BCUT2D eigenvalue weighted by Gasteiger charge is 2.16. The Balaban J connectivity index is 2.39. The van der Waals surface area contributed by atoms with Gasteiger partial charge in [-0.2, -0.15) is 0 Å². The minimum Gasteiger partial charge on any atom is -0.504 e. The largest absolute Gasteiger partial charge is 0.504 e. The third-order valence-corrected chi connectivity index (χ3v) is 2.89. The number of aliphatic carboxylic acids is 1. The molecule has 2 aromatic rings. The van der Waals surface area contributed by atoms with Crippen LogP contribution < -0.4 is 15.1 Å². The maximum Gasteiger partial charge on any atom is 0.383 e. The number of carbonyl (C=O) groups is 1. The van der Waals surface area contributed by atoms with Crippen LogP contribution in [0.15, 0.2) is 39.1 Å². The lowest BCUT2D eigenvalue weighted by atomic mass is 10.2. The monoisotopic (exact) mass is 320 g/mol. The smallest absolute Gasteiger partial charge is 0.383 e. The van der Waals surface area contributed by atoms with E-state index in [0.717, 1.165) is 5.57 Å². The van der Waals surface area contributed by atoms with Crippen molar-refractivity contribution < 1.29 is 28.9 Å². The Bertz CT molecular complexity index is 813. The van der Waals surface area contributed by atoms with Crippen LogP contribution in [-0.4, -0.2) is 29.4 Å². The highest BCUT2D eigenvalue weighted by atomic mass is 16.5. The predicted octanol–water partition coefficient (Wildman–Crippen LogP) is 2.31. The molecule has 0 saturated carbocycles. The van der Waals surface area contributed by atoms with E-state index >= 15 is 0 Å². The van der Waals surface area contributed by atoms with Gasteiger partial charge in [0, 0.05) is 0 Å². The first-order chi connectivity index (χ1) is 10.9. The fourth-order valence-corrected chi connectivity index (χ4v) is 1.80. The van der Waals surface area contributed by atoms with Gasteiger partial charge in [0.05, 0.1) is 5.39 Å². The van der Waals surface area contributed by atoms with Crippen molar-refractivity contribution >= 4 is 16.9 Å². The van der Waals surface area contributed by atoms with Crippen molar-refractivity contribution in [3.05, 3.63) is 40.3 Å². The summed E-state index contributed by atoms with van der Waals surface area (Å²) >= 11 is 0. The Morgan fingerprint density at radius 1 is 1.30 bits per heavy atom. The maximum atomic E-state index is 11.8. The van der Waals surface area contributed by atoms with Gasteiger partial charge in [0.1, 0.15) is 17.9 Å². The summed E-state index contributed by atoms with van der Waals surface area (Å²) in [5, 5.41) is 19.0. The second-order valence-corrected chi connectivity index (χ2v) is 5.00. The van der Waals surface area contributed by atoms with Crippen molar-refractivity contribution in [1.82, 2.24) is 0 Å². The van der Waals surface area contributed by atoms with E-state index < -0.39 is 18.2 Å². The van der Waals surface area contributed by atoms with Crippen molar-refractivity contribution in [3.8, 4) is 17.2 Å². The third-order valence-electron chi connectivity index (χ3n) is 2.89. The van der Waals surface area contributed by atoms with Crippen LogP contribution in [0.1, 0.15) is 13.8 Å². The van der Waals surface area contributed by atoms with E-state index in [2.05, 4.69) is 0 Å². The minimum atomic E-state index is -1.13. The van der Waals surface area contributed by atoms with Crippen molar-refractivity contribution in [2.75, 3.05) is 13.2 Å². The Kier molecular flexibility index (Phi) is 4.90. The van der Waals surface area contributed by atoms with E-state index in [1.807, 2.05) is 13.8 Å². The molecule has 1 aromatic carbocycles. The number of allylic oxidation sites excluding steroid dienone is 1. The number of hydrogen-bond donors (Lipinski definition) is 2. The number of hydrogen-bond acceptors (Lipinski definition) is 6. The van der Waals surface area contributed by atoms with Crippen LogP contribution in [0.2, 0.25) is 0 Å². The molecule has 0 aliphatic rings. The van der Waals surface area contributed by atoms with Crippen LogP contribution in [0.5, 0.6) is 17.2 Å². The molecule has 1 heterocycles. The van der Waals surface area contributed by atoms with Gasteiger partial charge in [0.25, 0.3) is 0 Å². The highest BCUT2D eigenvalue weighted by Crippen LogP contribution is 2.33. The zero-order valence-electron chi connectivity index (χ0n) is 12.7. The van der Waals surface area contributed by atoms with Crippen LogP contribution in [0, 0.1) is 0 Å². The van der Waals surface area contributed by atoms with Gasteiger partial charge in [0.15, 0.2) is 12.4 Å². The van der Waals surface area contributed by atoms with Crippen LogP contribution in [-0.2, 0) is 4.79 Å². The number of benzene rings is 1. The lowest BCUT2D eigenvalue weighted by Crippen LogP contribution is -2.10. The molecule has 0 radical (unpaired) electrons. The van der Waals surface area contributed by atoms with Crippen molar-refractivity contribution in [2.45, 2.75) is 13.8 Å². The standard InChI is InChI=1S/C16H16O7/c1-9(2)5-6-21-15-14(19)11-7-10(22-8-13(17)18)3-4-12(11)23-16(15)20/h3-5,7,19H,6,8H2,1-2H3,(H,17,18). The summed E-state index contributed by atoms with van der Waals surface area (Å²) in [6, 6.07) is 4.23. The van der Waals surface area contributed by atoms with Gasteiger partial charge in [-0.3, -0.25) is 0 Å². The van der Waals surface area contributed by atoms with Gasteiger partial charge >= 0.3 is 11.6 Å². The fraction of sp³-hybridized carbons (Fsp3) is 0.250. The third kappa shape index (κ3) is 4.03. The summed E-state index contributed by atoms with van der Waals surface area (Å²) in [5.41, 5.74) is 0.347. The molecule has 0 aliphatic heterocycles. The lowest BCUT2D eigenvalue weighted by Gasteiger charge is -2.09. The van der Waals surface area contributed by atoms with Crippen molar-refractivity contribution in [2.24, 2.45) is 0 Å². The molecule has 2 rings (SSSR count). The zero-order chi connectivity index (χ0) is 17.0. The number of aromatic hydroxyl groups is 1. The first-order valence-electron chi connectivity index (χ1n) is 6.79. The molecule has 23 heavy (non-hydrogen) atoms. The average molecular weight is 320 g/mol. The predicted molar refractivity (Wildman–Crippen MR) is 82.2 cm³/mol. The minimum absolute atomic E-state index is 0.112. The van der Waals surface area contributed by atoms with E-state index in [1.165, 1.54) is 18.2 Å². The fourth-order valence-electron chi connectivity index (χ4n) is 1.80. The normalized spacial score (nSPS) is 10.3. The first kappa shape index (κ1) is 16.4. The lowest BCUT2D eigenvalue weighted by molar-refractivity contribution is -0.139. The first-order valence-corrected chi connectivity index (χ1v) is 6.79. The van der Waals surface area contributed by atoms with Crippen LogP contribution in [0.25, 0.3) is 11.0 Å². The van der Waals surface area contributed by atoms with E-state index in [9.17, 15) is 14.7 Å². The Hall–Kier alpha value is -2.96. The number of carboxylic acids is 1. The number of carboxylic acid groups (broad SMARTS) is 1. The van der Waals surface area contributed by atoms with Gasteiger partial charge < -0.3 is 24.1 Å². The summed E-state index contributed by atoms with van der Waals surface area (Å²) in [4.78, 5) is 22.4. The quantitative estimate of drug-likeness (QED) is 0.621. The molecule has 0 aliphatic carbocycles. The molecule has 0 amide bonds. The summed E-state index contributed by atoms with van der Waals surface area (Å²) in [7, 11) is 0. The summed E-state index contributed by atoms with van der Waals surface area (Å²) in [6.07, 6.45) is 1.75. The molecule has 0 saturated heterocycles. The van der Waals surface area contributed by atoms with Gasteiger partial charge in [-0.1, -0.05) is 5.57 Å². The average Bonchev–Trinajstić information content (AvgIpc) is 2.48. The number of rotatable bonds is 6. The molecular weight excluding hydrogens is 304 g/mol. The molecule has 0 spiro atoms. The number of ether oxygens (including phenoxy) is 2. The topological polar surface area (TPSA) is 106 Å². The van der Waals surface area contributed by atoms with Crippen LogP contribution in [0.4, 0.5) is 0 Å². The van der Waals surface area contributed by atoms with Gasteiger partial charge in [-0.25, -0.2) is 9.59 Å². The zero-order valence-corrected chi connectivity index (χ0v) is 12.7. The second-order valence-electron chi connectivity index (χ2n) is 5.00. The summed E-state index contributed by atoms with van der Waals surface area (Å²) < 4.78 is 15.4. The summed E-state index contributed by atoms with van der Waals surface area (Å²) in [5.74, 6) is -1.58. The van der Waals surface area contributed by atoms with E-state index in [4.69, 9.17) is 19.0 Å². The Labute approximate surface area is 131 Å². The Morgan fingerprint density at radius 3 is 2.70 bits per heavy atom. The molecule has 0 unspecified atom stereocenters. The Morgan fingerprint density at radius 2 is 2.04 bits per heavy atom. The molecule has 1 aromatic heterocycles. The molecule has 0 bridgehead atoms. The van der Waals surface area contributed by atoms with Gasteiger partial charge in [-0.05, 0) is 38.1 Å². The SMILES string of the molecule is CC(C)=CCOc1c(O)c2cc(OCC(=O)O)ccc2oc1=O. The van der Waals surface area contributed by atoms with Crippen molar-refractivity contribution in [1.29, 1.82) is 0 Å². The summed E-state index contributed by atoms with van der Waals surface area (Å²) in [6.45, 7) is 3.34. The van der Waals surface area contributed by atoms with Crippen LogP contribution in [0.3, 0.4) is 0 Å². The molecule has 7 nitrogen and oxygen atoms in total.